The molecule has 0 aliphatic heterocycles. The van der Waals surface area contributed by atoms with E-state index in [4.69, 9.17) is 20.2 Å². The predicted octanol–water partition coefficient (Wildman–Crippen LogP) is 1.18. The van der Waals surface area contributed by atoms with Crippen LogP contribution in [-0.2, 0) is 24.6 Å². The molecule has 0 heterocycles. The van der Waals surface area contributed by atoms with Crippen LogP contribution >= 0.6 is 10.7 Å². The van der Waals surface area contributed by atoms with Gasteiger partial charge in [-0.3, -0.25) is 0 Å². The van der Waals surface area contributed by atoms with Crippen molar-refractivity contribution in [1.29, 1.82) is 0 Å². The standard InChI is InChI=1S/C10H13ClO6S2/c1-16-8-4-5-9(17-2)10(18(3,12)13)7(8)6-19(11,14)15/h4-5H,6H2,1-3H3. The van der Waals surface area contributed by atoms with Gasteiger partial charge in [0, 0.05) is 22.5 Å². The average molecular weight is 329 g/mol. The van der Waals surface area contributed by atoms with Gasteiger partial charge in [0.1, 0.15) is 16.4 Å². The molecule has 0 atom stereocenters. The highest BCUT2D eigenvalue weighted by molar-refractivity contribution is 8.13. The quantitative estimate of drug-likeness (QED) is 0.754. The lowest BCUT2D eigenvalue weighted by Crippen LogP contribution is -2.09. The normalized spacial score (nSPS) is 12.2. The first kappa shape index (κ1) is 16.1. The molecule has 0 spiro atoms. The van der Waals surface area contributed by atoms with Gasteiger partial charge in [-0.15, -0.1) is 0 Å². The highest BCUT2D eigenvalue weighted by atomic mass is 35.7. The fraction of sp³-hybridized carbons (Fsp3) is 0.400. The Balaban J connectivity index is 3.72. The first-order chi connectivity index (χ1) is 8.60. The second-order valence-electron chi connectivity index (χ2n) is 3.73. The summed E-state index contributed by atoms with van der Waals surface area (Å²) in [5, 5.41) is 0. The Morgan fingerprint density at radius 1 is 1.05 bits per heavy atom. The third-order valence-corrected chi connectivity index (χ3v) is 4.46. The maximum Gasteiger partial charge on any atom is 0.236 e. The van der Waals surface area contributed by atoms with Gasteiger partial charge in [0.15, 0.2) is 9.84 Å². The maximum absolute atomic E-state index is 11.8. The van der Waals surface area contributed by atoms with E-state index in [-0.39, 0.29) is 22.0 Å². The van der Waals surface area contributed by atoms with Crippen LogP contribution in [0.5, 0.6) is 11.5 Å². The minimum Gasteiger partial charge on any atom is -0.496 e. The van der Waals surface area contributed by atoms with Crippen molar-refractivity contribution < 1.29 is 26.3 Å². The lowest BCUT2D eigenvalue weighted by atomic mass is 10.2. The molecule has 0 N–H and O–H groups in total. The zero-order valence-corrected chi connectivity index (χ0v) is 12.9. The molecule has 0 aromatic heterocycles. The molecule has 1 rings (SSSR count). The monoisotopic (exact) mass is 328 g/mol. The van der Waals surface area contributed by atoms with Crippen LogP contribution < -0.4 is 9.47 Å². The number of rotatable bonds is 5. The Morgan fingerprint density at radius 2 is 1.53 bits per heavy atom. The minimum atomic E-state index is -3.95. The molecule has 1 aromatic rings. The molecule has 0 radical (unpaired) electrons. The molecule has 6 nitrogen and oxygen atoms in total. The third-order valence-electron chi connectivity index (χ3n) is 2.31. The highest BCUT2D eigenvalue weighted by Crippen LogP contribution is 2.35. The summed E-state index contributed by atoms with van der Waals surface area (Å²) in [6.45, 7) is 0. The second-order valence-corrected chi connectivity index (χ2v) is 8.46. The minimum absolute atomic E-state index is 0.0404. The van der Waals surface area contributed by atoms with E-state index in [2.05, 4.69) is 0 Å². The summed E-state index contributed by atoms with van der Waals surface area (Å²) < 4.78 is 56.0. The van der Waals surface area contributed by atoms with Crippen molar-refractivity contribution in [3.05, 3.63) is 17.7 Å². The number of methoxy groups -OCH3 is 2. The second kappa shape index (κ2) is 5.56. The van der Waals surface area contributed by atoms with E-state index in [9.17, 15) is 16.8 Å². The van der Waals surface area contributed by atoms with Crippen molar-refractivity contribution in [2.45, 2.75) is 10.6 Å². The number of sulfone groups is 1. The summed E-state index contributed by atoms with van der Waals surface area (Å²) in [5.74, 6) is -0.513. The van der Waals surface area contributed by atoms with Crippen LogP contribution in [0.15, 0.2) is 17.0 Å². The van der Waals surface area contributed by atoms with E-state index in [1.165, 1.54) is 26.4 Å². The van der Waals surface area contributed by atoms with E-state index in [1.807, 2.05) is 0 Å². The van der Waals surface area contributed by atoms with Crippen molar-refractivity contribution in [2.75, 3.05) is 20.5 Å². The number of benzene rings is 1. The van der Waals surface area contributed by atoms with Crippen molar-refractivity contribution in [3.8, 4) is 11.5 Å². The number of hydrogen-bond donors (Lipinski definition) is 0. The smallest absolute Gasteiger partial charge is 0.236 e. The number of ether oxygens (including phenoxy) is 2. The van der Waals surface area contributed by atoms with E-state index in [1.54, 1.807) is 0 Å². The summed E-state index contributed by atoms with van der Waals surface area (Å²) in [5.41, 5.74) is -0.0423. The van der Waals surface area contributed by atoms with Crippen molar-refractivity contribution in [1.82, 2.24) is 0 Å². The van der Waals surface area contributed by atoms with Gasteiger partial charge < -0.3 is 9.47 Å². The van der Waals surface area contributed by atoms with E-state index < -0.39 is 24.6 Å². The molecule has 19 heavy (non-hydrogen) atoms. The van der Waals surface area contributed by atoms with Crippen LogP contribution in [0.3, 0.4) is 0 Å². The van der Waals surface area contributed by atoms with Gasteiger partial charge in [-0.25, -0.2) is 16.8 Å². The van der Waals surface area contributed by atoms with Crippen LogP contribution in [0.25, 0.3) is 0 Å². The van der Waals surface area contributed by atoms with E-state index >= 15 is 0 Å². The topological polar surface area (TPSA) is 86.7 Å². The molecule has 0 aliphatic rings. The fourth-order valence-corrected chi connectivity index (χ4v) is 3.84. The Kier molecular flexibility index (Phi) is 4.70. The SMILES string of the molecule is COc1ccc(OC)c(S(C)(=O)=O)c1CS(=O)(=O)Cl. The molecule has 0 aliphatic carbocycles. The molecule has 1 aromatic carbocycles. The van der Waals surface area contributed by atoms with Crippen LogP contribution in [0.4, 0.5) is 0 Å². The zero-order valence-electron chi connectivity index (χ0n) is 10.5. The Hall–Kier alpha value is -0.990. The van der Waals surface area contributed by atoms with Gasteiger partial charge in [-0.1, -0.05) is 0 Å². The molecule has 0 fully saturated rings. The zero-order chi connectivity index (χ0) is 14.8. The molecule has 0 bridgehead atoms. The van der Waals surface area contributed by atoms with Gasteiger partial charge in [0.25, 0.3) is 0 Å². The summed E-state index contributed by atoms with van der Waals surface area (Å²) >= 11 is 0. The summed E-state index contributed by atoms with van der Waals surface area (Å²) in [6.07, 6.45) is 0.953. The Bertz CT molecular complexity index is 678. The van der Waals surface area contributed by atoms with Gasteiger partial charge in [-0.2, -0.15) is 0 Å². The van der Waals surface area contributed by atoms with Gasteiger partial charge in [0.05, 0.1) is 20.0 Å². The Labute approximate surface area is 116 Å². The highest BCUT2D eigenvalue weighted by Gasteiger charge is 2.26. The lowest BCUT2D eigenvalue weighted by molar-refractivity contribution is 0.389. The number of hydrogen-bond acceptors (Lipinski definition) is 6. The first-order valence-electron chi connectivity index (χ1n) is 4.96. The van der Waals surface area contributed by atoms with Crippen molar-refractivity contribution in [3.63, 3.8) is 0 Å². The van der Waals surface area contributed by atoms with Crippen LogP contribution in [0, 0.1) is 0 Å². The Morgan fingerprint density at radius 3 is 1.89 bits per heavy atom. The summed E-state index contributed by atoms with van der Waals surface area (Å²) in [6, 6.07) is 2.81. The maximum atomic E-state index is 11.8. The molecule has 0 saturated carbocycles. The van der Waals surface area contributed by atoms with E-state index in [0.29, 0.717) is 0 Å². The molecule has 9 heteroatoms. The predicted molar refractivity (Wildman–Crippen MR) is 71.1 cm³/mol. The van der Waals surface area contributed by atoms with Crippen molar-refractivity contribution in [2.24, 2.45) is 0 Å². The average Bonchev–Trinajstić information content (AvgIpc) is 2.24. The fourth-order valence-electron chi connectivity index (χ4n) is 1.66. The molecular weight excluding hydrogens is 316 g/mol. The van der Waals surface area contributed by atoms with Gasteiger partial charge in [0.2, 0.25) is 9.05 Å². The molecule has 0 saturated heterocycles. The van der Waals surface area contributed by atoms with Crippen LogP contribution in [0.1, 0.15) is 5.56 Å². The van der Waals surface area contributed by atoms with Crippen LogP contribution in [0.2, 0.25) is 0 Å². The first-order valence-corrected chi connectivity index (χ1v) is 9.33. The van der Waals surface area contributed by atoms with Crippen LogP contribution in [-0.4, -0.2) is 37.3 Å². The summed E-state index contributed by atoms with van der Waals surface area (Å²) in [4.78, 5) is -0.237. The lowest BCUT2D eigenvalue weighted by Gasteiger charge is -2.15. The van der Waals surface area contributed by atoms with Gasteiger partial charge >= 0.3 is 0 Å². The largest absolute Gasteiger partial charge is 0.496 e. The summed E-state index contributed by atoms with van der Waals surface area (Å²) in [7, 11) is 0.132. The third kappa shape index (κ3) is 3.99. The molecule has 0 unspecified atom stereocenters. The molecule has 108 valence electrons. The molecular formula is C10H13ClO6S2. The number of halogens is 1. The van der Waals surface area contributed by atoms with Crippen molar-refractivity contribution >= 4 is 29.6 Å². The molecule has 0 amide bonds. The van der Waals surface area contributed by atoms with Gasteiger partial charge in [-0.05, 0) is 12.1 Å². The van der Waals surface area contributed by atoms with E-state index in [0.717, 1.165) is 6.26 Å².